The highest BCUT2D eigenvalue weighted by atomic mass is 16.8. The highest BCUT2D eigenvalue weighted by Crippen LogP contribution is 2.38. The van der Waals surface area contributed by atoms with Crippen molar-refractivity contribution in [2.24, 2.45) is 11.8 Å². The molecule has 1 aromatic carbocycles. The second-order valence-corrected chi connectivity index (χ2v) is 15.6. The number of hydrogen-bond donors (Lipinski definition) is 0. The van der Waals surface area contributed by atoms with E-state index in [0.29, 0.717) is 5.56 Å². The van der Waals surface area contributed by atoms with E-state index in [1.807, 2.05) is 0 Å². The molecule has 0 amide bonds. The van der Waals surface area contributed by atoms with Crippen LogP contribution < -0.4 is 0 Å². The van der Waals surface area contributed by atoms with Crippen LogP contribution in [-0.2, 0) is 111 Å². The summed E-state index contributed by atoms with van der Waals surface area (Å²) in [6.07, 6.45) is -17.5. The van der Waals surface area contributed by atoms with Crippen LogP contribution >= 0.6 is 0 Å². The predicted octanol–water partition coefficient (Wildman–Crippen LogP) is 1.77. The Labute approximate surface area is 375 Å². The molecule has 0 bridgehead atoms. The quantitative estimate of drug-likeness (QED) is 0.150. The Morgan fingerprint density at radius 3 is 1.23 bits per heavy atom. The van der Waals surface area contributed by atoms with Gasteiger partial charge in [-0.1, -0.05) is 44.2 Å². The van der Waals surface area contributed by atoms with Crippen LogP contribution in [0, 0.1) is 11.8 Å². The molecule has 3 fully saturated rings. The molecular formula is C43H58O22. The summed E-state index contributed by atoms with van der Waals surface area (Å²) < 4.78 is 82.4. The Bertz CT molecular complexity index is 1820. The van der Waals surface area contributed by atoms with Gasteiger partial charge in [0.05, 0.1) is 13.2 Å². The first-order valence-electron chi connectivity index (χ1n) is 20.8. The molecule has 3 saturated heterocycles. The maximum Gasteiger partial charge on any atom is 0.303 e. The molecule has 0 saturated carbocycles. The fraction of sp³-hybridized carbons (Fsp3) is 0.674. The molecule has 22 heteroatoms. The summed E-state index contributed by atoms with van der Waals surface area (Å²) in [5, 5.41) is 0. The summed E-state index contributed by atoms with van der Waals surface area (Å²) in [5.74, 6) is -7.83. The maximum absolute atomic E-state index is 12.9. The largest absolute Gasteiger partial charge is 0.463 e. The van der Waals surface area contributed by atoms with E-state index in [-0.39, 0.29) is 6.61 Å². The second-order valence-electron chi connectivity index (χ2n) is 15.6. The van der Waals surface area contributed by atoms with Gasteiger partial charge in [-0.2, -0.15) is 0 Å². The molecule has 3 aliphatic rings. The van der Waals surface area contributed by atoms with Gasteiger partial charge in [0.15, 0.2) is 49.4 Å². The Balaban J connectivity index is 1.76. The van der Waals surface area contributed by atoms with Gasteiger partial charge in [-0.25, -0.2) is 0 Å². The van der Waals surface area contributed by atoms with Crippen molar-refractivity contribution < 1.29 is 105 Å². The number of ether oxygens (including phenoxy) is 14. The monoisotopic (exact) mass is 926 g/mol. The molecule has 15 unspecified atom stereocenters. The molecule has 1 aromatic rings. The predicted molar refractivity (Wildman–Crippen MR) is 213 cm³/mol. The summed E-state index contributed by atoms with van der Waals surface area (Å²) >= 11 is 0. The molecule has 4 rings (SSSR count). The Morgan fingerprint density at radius 1 is 0.415 bits per heavy atom. The van der Waals surface area contributed by atoms with E-state index >= 15 is 0 Å². The smallest absolute Gasteiger partial charge is 0.303 e. The van der Waals surface area contributed by atoms with Crippen molar-refractivity contribution in [3.63, 3.8) is 0 Å². The molecule has 65 heavy (non-hydrogen) atoms. The molecule has 0 spiro atoms. The zero-order chi connectivity index (χ0) is 48.1. The zero-order valence-corrected chi connectivity index (χ0v) is 37.9. The van der Waals surface area contributed by atoms with Crippen LogP contribution in [0.4, 0.5) is 0 Å². The lowest BCUT2D eigenvalue weighted by atomic mass is 9.91. The van der Waals surface area contributed by atoms with E-state index in [9.17, 15) is 38.4 Å². The van der Waals surface area contributed by atoms with Crippen LogP contribution in [0.1, 0.15) is 74.8 Å². The van der Waals surface area contributed by atoms with E-state index in [0.717, 1.165) is 55.4 Å². The molecule has 22 nitrogen and oxygen atoms in total. The molecule has 3 heterocycles. The van der Waals surface area contributed by atoms with Crippen molar-refractivity contribution in [1.82, 2.24) is 0 Å². The zero-order valence-electron chi connectivity index (χ0n) is 37.9. The Kier molecular flexibility index (Phi) is 19.6. The first-order valence-corrected chi connectivity index (χ1v) is 20.8. The summed E-state index contributed by atoms with van der Waals surface area (Å²) in [6, 6.07) is 8.88. The van der Waals surface area contributed by atoms with Crippen molar-refractivity contribution in [2.75, 3.05) is 19.8 Å². The summed E-state index contributed by atoms with van der Waals surface area (Å²) in [6.45, 7) is 10.7. The standard InChI is InChI=1S/C43H58O22/c1-20-34(56-24(5)46)36(58-26(7)48)31(17-52-22(3)44)62-41(20)55-19-33-38(60-28(9)50)39(61-29(10)51)40(43(64-33)54-16-30-14-12-11-13-15-30)65-42-21(2)35(57-25(6)47)37(59-27(8)49)32(63-42)18-53-23(4)45/h11-15,20-21,31-43H,16-19H2,1-10H3. The lowest BCUT2D eigenvalue weighted by Gasteiger charge is -2.49. The third-order valence-corrected chi connectivity index (χ3v) is 10.2. The lowest BCUT2D eigenvalue weighted by Crippen LogP contribution is -2.65. The van der Waals surface area contributed by atoms with E-state index in [1.54, 1.807) is 44.2 Å². The van der Waals surface area contributed by atoms with Gasteiger partial charge in [0.25, 0.3) is 0 Å². The van der Waals surface area contributed by atoms with Gasteiger partial charge in [0, 0.05) is 67.2 Å². The van der Waals surface area contributed by atoms with Crippen molar-refractivity contribution in [3.8, 4) is 0 Å². The molecule has 15 atom stereocenters. The third kappa shape index (κ3) is 15.4. The third-order valence-electron chi connectivity index (χ3n) is 10.2. The number of carbonyl (C=O) groups excluding carboxylic acids is 8. The van der Waals surface area contributed by atoms with Crippen LogP contribution in [0.15, 0.2) is 30.3 Å². The average Bonchev–Trinajstić information content (AvgIpc) is 3.20. The van der Waals surface area contributed by atoms with Gasteiger partial charge < -0.3 is 66.3 Å². The minimum Gasteiger partial charge on any atom is -0.463 e. The topological polar surface area (TPSA) is 266 Å². The van der Waals surface area contributed by atoms with Crippen LogP contribution in [0.3, 0.4) is 0 Å². The van der Waals surface area contributed by atoms with Crippen molar-refractivity contribution in [3.05, 3.63) is 35.9 Å². The Hall–Kier alpha value is -5.26. The molecule has 0 N–H and O–H groups in total. The van der Waals surface area contributed by atoms with Gasteiger partial charge in [0.2, 0.25) is 0 Å². The highest BCUT2D eigenvalue weighted by molar-refractivity contribution is 5.69. The Morgan fingerprint density at radius 2 is 0.785 bits per heavy atom. The minimum absolute atomic E-state index is 0.104. The molecule has 0 aliphatic carbocycles. The number of carbonyl (C=O) groups is 8. The van der Waals surface area contributed by atoms with Crippen LogP contribution in [-0.4, -0.2) is 147 Å². The number of hydrogen-bond acceptors (Lipinski definition) is 22. The molecule has 3 aliphatic heterocycles. The van der Waals surface area contributed by atoms with Crippen molar-refractivity contribution >= 4 is 47.8 Å². The molecule has 0 radical (unpaired) electrons. The normalized spacial score (nSPS) is 32.1. The van der Waals surface area contributed by atoms with Gasteiger partial charge in [-0.3, -0.25) is 38.4 Å². The van der Waals surface area contributed by atoms with Crippen molar-refractivity contribution in [1.29, 1.82) is 0 Å². The second kappa shape index (κ2) is 24.3. The van der Waals surface area contributed by atoms with Crippen LogP contribution in [0.5, 0.6) is 0 Å². The highest BCUT2D eigenvalue weighted by Gasteiger charge is 2.56. The van der Waals surface area contributed by atoms with Gasteiger partial charge in [-0.15, -0.1) is 0 Å². The van der Waals surface area contributed by atoms with E-state index < -0.39 is 159 Å². The van der Waals surface area contributed by atoms with Crippen LogP contribution in [0.25, 0.3) is 0 Å². The fourth-order valence-corrected chi connectivity index (χ4v) is 7.54. The van der Waals surface area contributed by atoms with E-state index in [4.69, 9.17) is 66.3 Å². The van der Waals surface area contributed by atoms with E-state index in [1.165, 1.54) is 0 Å². The number of benzene rings is 1. The summed E-state index contributed by atoms with van der Waals surface area (Å²) in [7, 11) is 0. The molecule has 362 valence electrons. The van der Waals surface area contributed by atoms with E-state index in [2.05, 4.69) is 0 Å². The maximum atomic E-state index is 12.9. The average molecular weight is 927 g/mol. The van der Waals surface area contributed by atoms with Gasteiger partial charge in [-0.05, 0) is 5.56 Å². The van der Waals surface area contributed by atoms with Crippen molar-refractivity contribution in [2.45, 2.75) is 156 Å². The number of esters is 8. The van der Waals surface area contributed by atoms with Gasteiger partial charge >= 0.3 is 47.8 Å². The lowest BCUT2D eigenvalue weighted by molar-refractivity contribution is -0.368. The minimum atomic E-state index is -1.55. The summed E-state index contributed by atoms with van der Waals surface area (Å²) in [4.78, 5) is 98.7. The van der Waals surface area contributed by atoms with Crippen LogP contribution in [0.2, 0.25) is 0 Å². The fourth-order valence-electron chi connectivity index (χ4n) is 7.54. The first-order chi connectivity index (χ1) is 30.6. The molecular weight excluding hydrogens is 868 g/mol. The first kappa shape index (κ1) is 52.4. The molecule has 0 aromatic heterocycles. The van der Waals surface area contributed by atoms with Gasteiger partial charge in [0.1, 0.15) is 43.7 Å². The number of rotatable bonds is 18. The SMILES string of the molecule is CC(=O)OCC1OC(OCC2OC(OCc3ccccc3)C(OC3OC(COC(C)=O)C(OC(C)=O)C(OC(C)=O)C3C)C(OC(C)=O)C2OC(C)=O)C(C)C(OC(C)=O)C1OC(C)=O. The summed E-state index contributed by atoms with van der Waals surface area (Å²) in [5.41, 5.74) is 0.679.